The molecular formula is C30H34N4O3. The van der Waals surface area contributed by atoms with Crippen molar-refractivity contribution >= 4 is 23.1 Å². The minimum atomic E-state index is -0.383. The fourth-order valence-corrected chi connectivity index (χ4v) is 5.66. The first-order valence-electron chi connectivity index (χ1n) is 13.3. The van der Waals surface area contributed by atoms with Crippen LogP contribution in [0.1, 0.15) is 73.9 Å². The zero-order valence-corrected chi connectivity index (χ0v) is 22.1. The van der Waals surface area contributed by atoms with E-state index >= 15 is 0 Å². The van der Waals surface area contributed by atoms with E-state index in [1.165, 1.54) is 9.58 Å². The van der Waals surface area contributed by atoms with Crippen LogP contribution in [-0.2, 0) is 22.4 Å². The van der Waals surface area contributed by atoms with Gasteiger partial charge in [-0.05, 0) is 62.6 Å². The minimum Gasteiger partial charge on any atom is -0.858 e. The molecule has 0 atom stereocenters. The molecular weight excluding hydrogens is 464 g/mol. The Labute approximate surface area is 218 Å². The third-order valence-electron chi connectivity index (χ3n) is 7.68. The first kappa shape index (κ1) is 24.9. The van der Waals surface area contributed by atoms with Gasteiger partial charge in [-0.15, -0.1) is 0 Å². The van der Waals surface area contributed by atoms with E-state index in [-0.39, 0.29) is 40.6 Å². The van der Waals surface area contributed by atoms with Gasteiger partial charge in [0.15, 0.2) is 12.4 Å². The molecule has 5 rings (SSSR count). The van der Waals surface area contributed by atoms with Crippen LogP contribution in [0.25, 0.3) is 17.0 Å². The first-order valence-corrected chi connectivity index (χ1v) is 13.3. The molecule has 0 bridgehead atoms. The van der Waals surface area contributed by atoms with Crippen LogP contribution in [0.15, 0.2) is 42.7 Å². The Bertz CT molecular complexity index is 1390. The van der Waals surface area contributed by atoms with Gasteiger partial charge in [-0.1, -0.05) is 50.8 Å². The van der Waals surface area contributed by atoms with Gasteiger partial charge in [0, 0.05) is 23.7 Å². The number of benzene rings is 1. The minimum absolute atomic E-state index is 0.147. The smallest absolute Gasteiger partial charge is 0.327 e. The zero-order valence-electron chi connectivity index (χ0n) is 22.1. The Kier molecular flexibility index (Phi) is 6.71. The average Bonchev–Trinajstić information content (AvgIpc) is 3.36. The van der Waals surface area contributed by atoms with Gasteiger partial charge in [0.25, 0.3) is 11.6 Å². The first-order chi connectivity index (χ1) is 17.8. The van der Waals surface area contributed by atoms with Crippen LogP contribution in [0.4, 0.5) is 0 Å². The van der Waals surface area contributed by atoms with Gasteiger partial charge >= 0.3 is 5.91 Å². The summed E-state index contributed by atoms with van der Waals surface area (Å²) in [6, 6.07) is 9.58. The number of imide groups is 1. The molecule has 1 aliphatic heterocycles. The van der Waals surface area contributed by atoms with Gasteiger partial charge in [-0.3, -0.25) is 14.5 Å². The van der Waals surface area contributed by atoms with E-state index < -0.39 is 0 Å². The summed E-state index contributed by atoms with van der Waals surface area (Å²) in [5.41, 5.74) is 4.99. The Morgan fingerprint density at radius 2 is 1.68 bits per heavy atom. The highest BCUT2D eigenvalue weighted by molar-refractivity contribution is 6.45. The topological polar surface area (TPSA) is 82.1 Å². The van der Waals surface area contributed by atoms with Crippen molar-refractivity contribution in [3.63, 3.8) is 0 Å². The SMILES string of the molecule is CCc1cc[n+](C2=C(c3c(CC)nn(-c4ccc(C)cc4C)c3[O-])C(=O)N(C3CCCCC3)C2=O)cc1. The van der Waals surface area contributed by atoms with E-state index in [9.17, 15) is 14.7 Å². The molecule has 7 heteroatoms. The molecule has 0 radical (unpaired) electrons. The summed E-state index contributed by atoms with van der Waals surface area (Å²) in [5.74, 6) is -1.08. The van der Waals surface area contributed by atoms with E-state index in [2.05, 4.69) is 12.0 Å². The normalized spacial score (nSPS) is 16.8. The van der Waals surface area contributed by atoms with Crippen LogP contribution in [-0.4, -0.2) is 32.5 Å². The standard InChI is InChI=1S/C30H34N4O3/c1-5-21-14-16-32(17-15-21)27-26(28(35)33(30(27)37)22-10-8-7-9-11-22)25-23(6-2)31-34(29(25)36)24-13-12-19(3)18-20(24)4/h12-18,22H,5-11H2,1-4H3. The zero-order chi connectivity index (χ0) is 26.3. The number of carbonyl (C=O) groups is 2. The molecule has 1 aromatic carbocycles. The fraction of sp³-hybridized carbons (Fsp3) is 0.400. The molecule has 2 amide bonds. The van der Waals surface area contributed by atoms with Crippen LogP contribution in [0.3, 0.4) is 0 Å². The third-order valence-corrected chi connectivity index (χ3v) is 7.68. The number of hydrogen-bond acceptors (Lipinski definition) is 4. The molecule has 0 spiro atoms. The Hall–Kier alpha value is -3.74. The summed E-state index contributed by atoms with van der Waals surface area (Å²) >= 11 is 0. The van der Waals surface area contributed by atoms with Crippen LogP contribution in [0.2, 0.25) is 0 Å². The quantitative estimate of drug-likeness (QED) is 0.379. The van der Waals surface area contributed by atoms with E-state index in [4.69, 9.17) is 0 Å². The van der Waals surface area contributed by atoms with Gasteiger partial charge in [0.05, 0.1) is 11.4 Å². The lowest BCUT2D eigenvalue weighted by atomic mass is 9.94. The summed E-state index contributed by atoms with van der Waals surface area (Å²) < 4.78 is 3.09. The second-order valence-electron chi connectivity index (χ2n) is 10.1. The number of amides is 2. The second kappa shape index (κ2) is 9.96. The van der Waals surface area contributed by atoms with Crippen LogP contribution in [0, 0.1) is 13.8 Å². The van der Waals surface area contributed by atoms with Crippen molar-refractivity contribution in [3.8, 4) is 11.6 Å². The molecule has 2 aromatic heterocycles. The number of aryl methyl sites for hydroxylation is 4. The van der Waals surface area contributed by atoms with Crippen LogP contribution >= 0.6 is 0 Å². The molecule has 0 unspecified atom stereocenters. The molecule has 1 fully saturated rings. The molecule has 2 aliphatic rings. The summed E-state index contributed by atoms with van der Waals surface area (Å²) in [6.07, 6.45) is 9.63. The lowest BCUT2D eigenvalue weighted by Crippen LogP contribution is -2.45. The number of aromatic nitrogens is 3. The number of nitrogens with zero attached hydrogens (tertiary/aromatic N) is 4. The molecule has 0 saturated heterocycles. The van der Waals surface area contributed by atoms with Crippen molar-refractivity contribution in [3.05, 3.63) is 70.7 Å². The third kappa shape index (κ3) is 4.26. The predicted octanol–water partition coefficient (Wildman–Crippen LogP) is 4.04. The monoisotopic (exact) mass is 498 g/mol. The Balaban J connectivity index is 1.72. The van der Waals surface area contributed by atoms with Gasteiger partial charge < -0.3 is 5.11 Å². The van der Waals surface area contributed by atoms with Crippen molar-refractivity contribution in [2.24, 2.45) is 0 Å². The van der Waals surface area contributed by atoms with Gasteiger partial charge in [0.1, 0.15) is 5.57 Å². The molecule has 7 nitrogen and oxygen atoms in total. The van der Waals surface area contributed by atoms with E-state index in [0.717, 1.165) is 55.2 Å². The molecule has 0 N–H and O–H groups in total. The number of pyridine rings is 1. The summed E-state index contributed by atoms with van der Waals surface area (Å²) in [5, 5.41) is 18.6. The number of hydrogen-bond donors (Lipinski definition) is 0. The fourth-order valence-electron chi connectivity index (χ4n) is 5.66. The summed E-state index contributed by atoms with van der Waals surface area (Å²) in [7, 11) is 0. The summed E-state index contributed by atoms with van der Waals surface area (Å²) in [6.45, 7) is 7.93. The van der Waals surface area contributed by atoms with Crippen molar-refractivity contribution in [1.29, 1.82) is 0 Å². The highest BCUT2D eigenvalue weighted by atomic mass is 16.3. The molecule has 3 heterocycles. The van der Waals surface area contributed by atoms with E-state index in [0.29, 0.717) is 17.8 Å². The highest BCUT2D eigenvalue weighted by Crippen LogP contribution is 2.39. The molecule has 1 aliphatic carbocycles. The van der Waals surface area contributed by atoms with E-state index in [1.54, 1.807) is 4.57 Å². The Morgan fingerprint density at radius 1 is 0.973 bits per heavy atom. The summed E-state index contributed by atoms with van der Waals surface area (Å²) in [4.78, 5) is 29.4. The predicted molar refractivity (Wildman–Crippen MR) is 140 cm³/mol. The van der Waals surface area contributed by atoms with Crippen LogP contribution in [0.5, 0.6) is 5.88 Å². The van der Waals surface area contributed by atoms with Crippen LogP contribution < -0.4 is 9.67 Å². The van der Waals surface area contributed by atoms with E-state index in [1.807, 2.05) is 63.5 Å². The number of rotatable bonds is 6. The van der Waals surface area contributed by atoms with Crippen molar-refractivity contribution in [2.45, 2.75) is 78.7 Å². The molecule has 192 valence electrons. The molecule has 37 heavy (non-hydrogen) atoms. The van der Waals surface area contributed by atoms with Gasteiger partial charge in [-0.2, -0.15) is 9.67 Å². The molecule has 1 saturated carbocycles. The maximum Gasteiger partial charge on any atom is 0.327 e. The maximum absolute atomic E-state index is 14.1. The van der Waals surface area contributed by atoms with Gasteiger partial charge in [0.2, 0.25) is 0 Å². The average molecular weight is 499 g/mol. The maximum atomic E-state index is 14.1. The van der Waals surface area contributed by atoms with Crippen molar-refractivity contribution in [1.82, 2.24) is 14.7 Å². The lowest BCUT2D eigenvalue weighted by Gasteiger charge is -2.29. The van der Waals surface area contributed by atoms with Gasteiger partial charge in [-0.25, -0.2) is 4.68 Å². The second-order valence-corrected chi connectivity index (χ2v) is 10.1. The highest BCUT2D eigenvalue weighted by Gasteiger charge is 2.49. The van der Waals surface area contributed by atoms with Crippen molar-refractivity contribution < 1.29 is 19.3 Å². The molecule has 3 aromatic rings. The largest absolute Gasteiger partial charge is 0.858 e. The number of carbonyl (C=O) groups excluding carboxylic acids is 2. The Morgan fingerprint density at radius 3 is 2.30 bits per heavy atom. The van der Waals surface area contributed by atoms with Crippen molar-refractivity contribution in [2.75, 3.05) is 0 Å². The lowest BCUT2D eigenvalue weighted by molar-refractivity contribution is -0.577.